The number of anilines is 1. The van der Waals surface area contributed by atoms with Crippen molar-refractivity contribution in [3.8, 4) is 0 Å². The summed E-state index contributed by atoms with van der Waals surface area (Å²) in [7, 11) is -4.36. The first-order chi connectivity index (χ1) is 15.1. The lowest BCUT2D eigenvalue weighted by molar-refractivity contribution is -0.120. The predicted octanol–water partition coefficient (Wildman–Crippen LogP) is 4.09. The van der Waals surface area contributed by atoms with Crippen LogP contribution in [0.4, 0.5) is 10.1 Å². The van der Waals surface area contributed by atoms with Gasteiger partial charge in [-0.1, -0.05) is 43.3 Å². The van der Waals surface area contributed by atoms with E-state index in [0.29, 0.717) is 17.7 Å². The van der Waals surface area contributed by atoms with E-state index in [4.69, 9.17) is 4.55 Å². The Morgan fingerprint density at radius 1 is 1.19 bits per heavy atom. The highest BCUT2D eigenvalue weighted by atomic mass is 32.2. The van der Waals surface area contributed by atoms with Gasteiger partial charge in [0.05, 0.1) is 18.2 Å². The van der Waals surface area contributed by atoms with Crippen LogP contribution in [0.1, 0.15) is 38.3 Å². The van der Waals surface area contributed by atoms with E-state index < -0.39 is 22.2 Å². The molecule has 0 saturated carbocycles. The molecule has 0 spiro atoms. The lowest BCUT2D eigenvalue weighted by Crippen LogP contribution is -2.42. The molecule has 9 heteroatoms. The zero-order valence-corrected chi connectivity index (χ0v) is 19.1. The van der Waals surface area contributed by atoms with Gasteiger partial charge in [0.15, 0.2) is 0 Å². The number of allylic oxidation sites excluding steroid dienone is 2. The third kappa shape index (κ3) is 8.24. The van der Waals surface area contributed by atoms with E-state index in [1.165, 1.54) is 18.2 Å². The van der Waals surface area contributed by atoms with Crippen LogP contribution in [0.5, 0.6) is 0 Å². The Bertz CT molecular complexity index is 1100. The fraction of sp³-hybridized carbons (Fsp3) is 0.304. The van der Waals surface area contributed by atoms with Crippen molar-refractivity contribution < 1.29 is 22.2 Å². The molecule has 32 heavy (non-hydrogen) atoms. The second kappa shape index (κ2) is 11.5. The average molecular weight is 462 g/mol. The number of amides is 1. The summed E-state index contributed by atoms with van der Waals surface area (Å²) >= 11 is 0. The van der Waals surface area contributed by atoms with Gasteiger partial charge in [0.2, 0.25) is 5.91 Å². The molecular weight excluding hydrogens is 433 g/mol. The summed E-state index contributed by atoms with van der Waals surface area (Å²) in [6.07, 6.45) is 2.93. The van der Waals surface area contributed by atoms with E-state index in [9.17, 15) is 17.6 Å². The highest BCUT2D eigenvalue weighted by Gasteiger charge is 2.18. The van der Waals surface area contributed by atoms with Crippen LogP contribution in [0.3, 0.4) is 0 Å². The molecule has 0 aliphatic heterocycles. The minimum Gasteiger partial charge on any atom is -0.347 e. The Balaban J connectivity index is 2.22. The summed E-state index contributed by atoms with van der Waals surface area (Å²) in [6.45, 7) is 5.70. The Labute approximate surface area is 188 Å². The molecule has 0 aliphatic rings. The molecule has 0 bridgehead atoms. The topological polar surface area (TPSA) is 108 Å². The van der Waals surface area contributed by atoms with Gasteiger partial charge in [-0.25, -0.2) is 4.39 Å². The van der Waals surface area contributed by atoms with Crippen LogP contribution in [-0.2, 0) is 27.9 Å². The van der Waals surface area contributed by atoms with Gasteiger partial charge in [0.25, 0.3) is 0 Å². The van der Waals surface area contributed by atoms with Crippen LogP contribution < -0.4 is 10.0 Å². The Kier molecular flexibility index (Phi) is 9.10. The van der Waals surface area contributed by atoms with Crippen molar-refractivity contribution in [3.63, 3.8) is 0 Å². The number of halogens is 1. The van der Waals surface area contributed by atoms with Gasteiger partial charge >= 0.3 is 10.3 Å². The number of benzene rings is 2. The van der Waals surface area contributed by atoms with Gasteiger partial charge in [-0.3, -0.25) is 19.1 Å². The molecule has 7 nitrogen and oxygen atoms in total. The van der Waals surface area contributed by atoms with Gasteiger partial charge < -0.3 is 5.32 Å². The monoisotopic (exact) mass is 461 g/mol. The minimum absolute atomic E-state index is 0.0993. The van der Waals surface area contributed by atoms with Crippen LogP contribution in [0, 0.1) is 5.82 Å². The molecule has 0 fully saturated rings. The number of aliphatic imine (C=N–C) groups is 1. The maximum absolute atomic E-state index is 13.9. The number of nitrogens with one attached hydrogen (secondary N) is 2. The van der Waals surface area contributed by atoms with Gasteiger partial charge in [-0.2, -0.15) is 8.42 Å². The van der Waals surface area contributed by atoms with E-state index in [0.717, 1.165) is 17.7 Å². The Morgan fingerprint density at radius 2 is 1.84 bits per heavy atom. The zero-order chi connectivity index (χ0) is 23.7. The second-order valence-electron chi connectivity index (χ2n) is 7.25. The average Bonchev–Trinajstić information content (AvgIpc) is 2.73. The third-order valence-corrected chi connectivity index (χ3v) is 5.30. The first-order valence-electron chi connectivity index (χ1n) is 10.2. The summed E-state index contributed by atoms with van der Waals surface area (Å²) in [6, 6.07) is 12.1. The third-order valence-electron chi connectivity index (χ3n) is 4.80. The Morgan fingerprint density at radius 3 is 2.41 bits per heavy atom. The maximum Gasteiger partial charge on any atom is 0.357 e. The fourth-order valence-corrected chi connectivity index (χ4v) is 3.54. The van der Waals surface area contributed by atoms with E-state index in [1.54, 1.807) is 30.3 Å². The van der Waals surface area contributed by atoms with Crippen molar-refractivity contribution >= 4 is 27.6 Å². The summed E-state index contributed by atoms with van der Waals surface area (Å²) < 4.78 is 46.7. The summed E-state index contributed by atoms with van der Waals surface area (Å²) in [5.41, 5.74) is 2.91. The molecule has 0 aromatic heterocycles. The van der Waals surface area contributed by atoms with Crippen molar-refractivity contribution in [3.05, 3.63) is 77.2 Å². The molecular formula is C23H28FN3O4S. The highest BCUT2D eigenvalue weighted by molar-refractivity contribution is 7.87. The quantitative estimate of drug-likeness (QED) is 0.366. The summed E-state index contributed by atoms with van der Waals surface area (Å²) in [5, 5.41) is 2.93. The summed E-state index contributed by atoms with van der Waals surface area (Å²) in [5.74, 6) is -0.772. The van der Waals surface area contributed by atoms with E-state index in [2.05, 4.69) is 10.3 Å². The van der Waals surface area contributed by atoms with Crippen molar-refractivity contribution in [2.24, 2.45) is 4.99 Å². The second-order valence-corrected chi connectivity index (χ2v) is 8.41. The van der Waals surface area contributed by atoms with Gasteiger partial charge in [-0.15, -0.1) is 0 Å². The largest absolute Gasteiger partial charge is 0.357 e. The minimum atomic E-state index is -4.36. The molecule has 2 aromatic carbocycles. The van der Waals surface area contributed by atoms with Crippen LogP contribution in [0.15, 0.2) is 65.3 Å². The van der Waals surface area contributed by atoms with Crippen molar-refractivity contribution in [2.75, 3.05) is 4.72 Å². The number of carbonyl (C=O) groups is 1. The molecule has 0 saturated heterocycles. The van der Waals surface area contributed by atoms with Crippen LogP contribution in [0.25, 0.3) is 0 Å². The SMILES string of the molecule is C/C=C(CC)\N=C(/C)[C@H](Cc1ccc(NS(=O)(=O)O)cc1)NC(=O)Cc1ccccc1F. The molecule has 2 rings (SSSR count). The molecule has 1 atom stereocenters. The first kappa shape index (κ1) is 25.2. The number of hydrogen-bond donors (Lipinski definition) is 3. The summed E-state index contributed by atoms with van der Waals surface area (Å²) in [4.78, 5) is 17.3. The number of nitrogens with zero attached hydrogens (tertiary/aromatic N) is 1. The van der Waals surface area contributed by atoms with Crippen molar-refractivity contribution in [2.45, 2.75) is 46.1 Å². The number of carbonyl (C=O) groups excluding carboxylic acids is 1. The van der Waals surface area contributed by atoms with Crippen molar-refractivity contribution in [1.29, 1.82) is 0 Å². The lowest BCUT2D eigenvalue weighted by atomic mass is 10.0. The molecule has 0 radical (unpaired) electrons. The van der Waals surface area contributed by atoms with Crippen LogP contribution >= 0.6 is 0 Å². The predicted molar refractivity (Wildman–Crippen MR) is 125 cm³/mol. The van der Waals surface area contributed by atoms with Gasteiger partial charge in [0, 0.05) is 11.4 Å². The normalized spacial score (nSPS) is 13.5. The molecule has 0 unspecified atom stereocenters. The van der Waals surface area contributed by atoms with E-state index in [-0.39, 0.29) is 18.0 Å². The number of rotatable bonds is 10. The molecule has 3 N–H and O–H groups in total. The van der Waals surface area contributed by atoms with E-state index >= 15 is 0 Å². The highest BCUT2D eigenvalue weighted by Crippen LogP contribution is 2.14. The smallest absolute Gasteiger partial charge is 0.347 e. The molecule has 1 amide bonds. The number of hydrogen-bond acceptors (Lipinski definition) is 4. The van der Waals surface area contributed by atoms with Gasteiger partial charge in [-0.05, 0) is 56.0 Å². The van der Waals surface area contributed by atoms with Gasteiger partial charge in [0.1, 0.15) is 5.82 Å². The standard InChI is InChI=1S/C23H28FN3O4S/c1-4-19(5-2)25-16(3)22(26-23(28)15-18-8-6-7-9-21(18)24)14-17-10-12-20(13-11-17)27-32(29,30)31/h4,6-13,22,27H,5,14-15H2,1-3H3,(H,26,28)(H,29,30,31)/b19-4-,25-16+/t22-/m0/s1. The van der Waals surface area contributed by atoms with Crippen molar-refractivity contribution in [1.82, 2.24) is 5.32 Å². The fourth-order valence-electron chi connectivity index (χ4n) is 3.11. The molecule has 0 aliphatic carbocycles. The zero-order valence-electron chi connectivity index (χ0n) is 18.3. The first-order valence-corrected chi connectivity index (χ1v) is 11.6. The van der Waals surface area contributed by atoms with Crippen LogP contribution in [-0.4, -0.2) is 30.6 Å². The lowest BCUT2D eigenvalue weighted by Gasteiger charge is -2.20. The maximum atomic E-state index is 13.9. The molecule has 172 valence electrons. The van der Waals surface area contributed by atoms with Crippen LogP contribution in [0.2, 0.25) is 0 Å². The van der Waals surface area contributed by atoms with E-state index in [1.807, 2.05) is 31.6 Å². The Hall–Kier alpha value is -3.04. The molecule has 2 aromatic rings. The molecule has 0 heterocycles.